The summed E-state index contributed by atoms with van der Waals surface area (Å²) in [6.07, 6.45) is 1.63. The summed E-state index contributed by atoms with van der Waals surface area (Å²) in [6.45, 7) is 9.55. The minimum absolute atomic E-state index is 0.160. The molecule has 1 aromatic heterocycles. The first-order valence-electron chi connectivity index (χ1n) is 17.9. The molecule has 0 spiro atoms. The number of amides is 2. The third kappa shape index (κ3) is 15.9. The van der Waals surface area contributed by atoms with E-state index in [1.54, 1.807) is 11.8 Å². The van der Waals surface area contributed by atoms with E-state index in [2.05, 4.69) is 30.6 Å². The van der Waals surface area contributed by atoms with Crippen molar-refractivity contribution in [2.24, 2.45) is 5.73 Å². The molecule has 53 heavy (non-hydrogen) atoms. The van der Waals surface area contributed by atoms with Crippen LogP contribution in [0.4, 0.5) is 5.13 Å². The summed E-state index contributed by atoms with van der Waals surface area (Å²) in [5.41, 5.74) is 7.12. The minimum Gasteiger partial charge on any atom is -0.492 e. The number of nitrogens with one attached hydrogen (secondary N) is 3. The predicted octanol–water partition coefficient (Wildman–Crippen LogP) is 3.12. The van der Waals surface area contributed by atoms with Crippen LogP contribution in [-0.4, -0.2) is 133 Å². The minimum atomic E-state index is -0.703. The van der Waals surface area contributed by atoms with E-state index in [0.29, 0.717) is 36.2 Å². The van der Waals surface area contributed by atoms with E-state index in [1.807, 2.05) is 48.5 Å². The highest BCUT2D eigenvalue weighted by Crippen LogP contribution is 2.20. The number of benzene rings is 2. The van der Waals surface area contributed by atoms with Crippen molar-refractivity contribution in [3.63, 3.8) is 0 Å². The zero-order valence-corrected chi connectivity index (χ0v) is 32.4. The van der Waals surface area contributed by atoms with Crippen molar-refractivity contribution < 1.29 is 28.5 Å². The van der Waals surface area contributed by atoms with E-state index >= 15 is 0 Å². The third-order valence-electron chi connectivity index (χ3n) is 8.31. The predicted molar refractivity (Wildman–Crippen MR) is 211 cm³/mol. The fourth-order valence-electron chi connectivity index (χ4n) is 5.54. The number of nitrogens with zero attached hydrogens (tertiary/aromatic N) is 4. The topological polar surface area (TPSA) is 177 Å². The normalized spacial score (nSPS) is 15.8. The van der Waals surface area contributed by atoms with Crippen LogP contribution in [0, 0.1) is 5.41 Å². The second-order valence-corrected chi connectivity index (χ2v) is 16.0. The van der Waals surface area contributed by atoms with Crippen molar-refractivity contribution in [2.45, 2.75) is 31.2 Å². The van der Waals surface area contributed by atoms with Crippen molar-refractivity contribution in [1.82, 2.24) is 25.3 Å². The number of aryl methyl sites for hydroxylation is 1. The number of rotatable bonds is 21. The highest BCUT2D eigenvalue weighted by atomic mass is 32.2. The lowest BCUT2D eigenvalue weighted by molar-refractivity contribution is -0.120. The van der Waals surface area contributed by atoms with Gasteiger partial charge in [0.15, 0.2) is 0 Å². The molecule has 2 aromatic carbocycles. The molecule has 17 heteroatoms. The molecule has 288 valence electrons. The number of ether oxygens (including phenoxy) is 4. The van der Waals surface area contributed by atoms with Crippen LogP contribution in [0.3, 0.4) is 0 Å². The fourth-order valence-corrected chi connectivity index (χ4v) is 8.16. The average Bonchev–Trinajstić information content (AvgIpc) is 3.59. The monoisotopic (exact) mass is 786 g/mol. The summed E-state index contributed by atoms with van der Waals surface area (Å²) in [7, 11) is 0. The summed E-state index contributed by atoms with van der Waals surface area (Å²) >= 11 is 4.21. The highest BCUT2D eigenvalue weighted by molar-refractivity contribution is 8.14. The summed E-state index contributed by atoms with van der Waals surface area (Å²) in [4.78, 5) is 29.9. The Labute approximate surface area is 323 Å². The number of hydrogen-bond donors (Lipinski definition) is 4. The van der Waals surface area contributed by atoms with E-state index in [-0.39, 0.29) is 24.7 Å². The van der Waals surface area contributed by atoms with Crippen molar-refractivity contribution in [3.05, 3.63) is 64.7 Å². The molecule has 0 saturated carbocycles. The number of carbonyl (C=O) groups is 2. The number of aromatic nitrogens is 2. The Bertz CT molecular complexity index is 1590. The van der Waals surface area contributed by atoms with Gasteiger partial charge in [0.05, 0.1) is 44.3 Å². The van der Waals surface area contributed by atoms with E-state index in [9.17, 15) is 9.59 Å². The number of morpholine rings is 2. The Morgan fingerprint density at radius 1 is 0.868 bits per heavy atom. The van der Waals surface area contributed by atoms with Gasteiger partial charge < -0.3 is 35.3 Å². The first-order valence-corrected chi connectivity index (χ1v) is 20.8. The first kappa shape index (κ1) is 40.9. The SMILES string of the molecule is N=C(CCSCCc1nnc(NC(=O)Cc2cccc(OCCN3CCOCC3)c2)s1)SC(N)NC(=O)Cc1cccc(OCCN2CCOCC2)c1. The van der Waals surface area contributed by atoms with E-state index in [0.717, 1.165) is 117 Å². The van der Waals surface area contributed by atoms with Gasteiger partial charge in [-0.3, -0.25) is 24.8 Å². The molecule has 2 aliphatic rings. The average molecular weight is 787 g/mol. The summed E-state index contributed by atoms with van der Waals surface area (Å²) < 4.78 is 22.6. The standard InChI is InChI=1S/C36H50N8O6S3/c37-31(52-35(38)39-32(45)25-27-3-1-5-29(23-27)49-19-13-43-9-15-47-16-10-43)7-21-51-22-8-34-41-42-36(53-34)40-33(46)26-28-4-2-6-30(24-28)50-20-14-44-11-17-48-18-12-44/h1-6,23-24,35,37H,7-22,25-26,38H2,(H,39,45)(H,40,42,46). The van der Waals surface area contributed by atoms with Crippen LogP contribution < -0.4 is 25.8 Å². The molecule has 5 rings (SSSR count). The molecular weight excluding hydrogens is 737 g/mol. The van der Waals surface area contributed by atoms with Gasteiger partial charge in [-0.05, 0) is 46.9 Å². The van der Waals surface area contributed by atoms with Gasteiger partial charge >= 0.3 is 0 Å². The number of hydrogen-bond acceptors (Lipinski definition) is 15. The van der Waals surface area contributed by atoms with Gasteiger partial charge in [0.2, 0.25) is 16.9 Å². The number of anilines is 1. The summed E-state index contributed by atoms with van der Waals surface area (Å²) in [6, 6.07) is 15.1. The van der Waals surface area contributed by atoms with Crippen molar-refractivity contribution in [1.29, 1.82) is 5.41 Å². The van der Waals surface area contributed by atoms with E-state index in [4.69, 9.17) is 30.1 Å². The molecule has 14 nitrogen and oxygen atoms in total. The second-order valence-electron chi connectivity index (χ2n) is 12.4. The molecule has 2 fully saturated rings. The lowest BCUT2D eigenvalue weighted by Crippen LogP contribution is -2.40. The molecule has 2 aliphatic heterocycles. The van der Waals surface area contributed by atoms with Gasteiger partial charge in [-0.1, -0.05) is 47.4 Å². The number of nitrogens with two attached hydrogens (primary N) is 1. The molecule has 3 aromatic rings. The quantitative estimate of drug-likeness (QED) is 0.0537. The van der Waals surface area contributed by atoms with E-state index < -0.39 is 5.50 Å². The summed E-state index contributed by atoms with van der Waals surface area (Å²) in [5.74, 6) is 2.65. The number of carbonyl (C=O) groups excluding carboxylic acids is 2. The fraction of sp³-hybridized carbons (Fsp3) is 0.528. The van der Waals surface area contributed by atoms with Crippen LogP contribution in [0.25, 0.3) is 0 Å². The largest absolute Gasteiger partial charge is 0.492 e. The molecular formula is C36H50N8O6S3. The zero-order chi connectivity index (χ0) is 37.1. The molecule has 2 saturated heterocycles. The molecule has 5 N–H and O–H groups in total. The second kappa shape index (κ2) is 22.8. The van der Waals surface area contributed by atoms with Gasteiger partial charge in [0.1, 0.15) is 35.2 Å². The lowest BCUT2D eigenvalue weighted by Gasteiger charge is -2.26. The molecule has 0 aliphatic carbocycles. The van der Waals surface area contributed by atoms with Crippen molar-refractivity contribution in [2.75, 3.05) is 95.7 Å². The van der Waals surface area contributed by atoms with Gasteiger partial charge in [-0.2, -0.15) is 11.8 Å². The molecule has 1 unspecified atom stereocenters. The maximum absolute atomic E-state index is 12.7. The zero-order valence-electron chi connectivity index (χ0n) is 30.0. The Kier molecular flexibility index (Phi) is 17.6. The maximum atomic E-state index is 12.7. The first-order chi connectivity index (χ1) is 25.9. The molecule has 0 radical (unpaired) electrons. The van der Waals surface area contributed by atoms with Crippen LogP contribution in [-0.2, 0) is 38.3 Å². The van der Waals surface area contributed by atoms with Crippen molar-refractivity contribution in [3.8, 4) is 11.5 Å². The Balaban J connectivity index is 0.902. The Hall–Kier alpha value is -3.29. The van der Waals surface area contributed by atoms with E-state index in [1.165, 1.54) is 11.3 Å². The Morgan fingerprint density at radius 2 is 1.45 bits per heavy atom. The van der Waals surface area contributed by atoms with Gasteiger partial charge in [-0.15, -0.1) is 10.2 Å². The van der Waals surface area contributed by atoms with Crippen LogP contribution in [0.2, 0.25) is 0 Å². The molecule has 2 amide bonds. The van der Waals surface area contributed by atoms with Crippen LogP contribution >= 0.6 is 34.9 Å². The maximum Gasteiger partial charge on any atom is 0.230 e. The Morgan fingerprint density at radius 3 is 2.06 bits per heavy atom. The van der Waals surface area contributed by atoms with Crippen LogP contribution in [0.15, 0.2) is 48.5 Å². The van der Waals surface area contributed by atoms with Crippen molar-refractivity contribution >= 4 is 56.9 Å². The van der Waals surface area contributed by atoms with Gasteiger partial charge in [-0.25, -0.2) is 0 Å². The van der Waals surface area contributed by atoms with Gasteiger partial charge in [0.25, 0.3) is 0 Å². The smallest absolute Gasteiger partial charge is 0.230 e. The molecule has 3 heterocycles. The van der Waals surface area contributed by atoms with Crippen LogP contribution in [0.5, 0.6) is 11.5 Å². The van der Waals surface area contributed by atoms with Crippen LogP contribution in [0.1, 0.15) is 22.6 Å². The number of thioether (sulfide) groups is 2. The molecule has 1 atom stereocenters. The molecule has 0 bridgehead atoms. The highest BCUT2D eigenvalue weighted by Gasteiger charge is 2.15. The van der Waals surface area contributed by atoms with Gasteiger partial charge in [0, 0.05) is 52.1 Å². The summed E-state index contributed by atoms with van der Waals surface area (Å²) in [5, 5.41) is 24.0. The lowest BCUT2D eigenvalue weighted by atomic mass is 10.1. The third-order valence-corrected chi connectivity index (χ3v) is 11.1.